The Hall–Kier alpha value is -8.88. The van der Waals surface area contributed by atoms with Crippen molar-refractivity contribution in [3.8, 4) is 78.9 Å². The molecule has 22 nitrogen and oxygen atoms in total. The lowest BCUT2D eigenvalue weighted by Crippen LogP contribution is -2.37. The predicted molar refractivity (Wildman–Crippen MR) is 370 cm³/mol. The lowest BCUT2D eigenvalue weighted by atomic mass is 10.1. The van der Waals surface area contributed by atoms with E-state index in [0.717, 1.165) is 169 Å². The molecule has 4 atom stereocenters. The van der Waals surface area contributed by atoms with Gasteiger partial charge in [-0.25, -0.2) is 14.6 Å². The normalized spacial score (nSPS) is 19.1. The number of pyridine rings is 1. The predicted octanol–water partition coefficient (Wildman–Crippen LogP) is 11.7. The van der Waals surface area contributed by atoms with Gasteiger partial charge in [0.2, 0.25) is 0 Å². The van der Waals surface area contributed by atoms with Gasteiger partial charge in [0.1, 0.15) is 52.1 Å². The van der Waals surface area contributed by atoms with Crippen LogP contribution in [0.25, 0.3) is 60.9 Å². The van der Waals surface area contributed by atoms with Crippen molar-refractivity contribution >= 4 is 40.1 Å². The first kappa shape index (κ1) is 64.5. The number of hydrogen-bond donors (Lipinski definition) is 0. The van der Waals surface area contributed by atoms with Gasteiger partial charge in [0.15, 0.2) is 5.82 Å². The summed E-state index contributed by atoms with van der Waals surface area (Å²) in [5, 5.41) is 10.4. The molecule has 0 N–H and O–H groups in total. The van der Waals surface area contributed by atoms with Crippen LogP contribution in [-0.2, 0) is 30.1 Å². The van der Waals surface area contributed by atoms with E-state index < -0.39 is 0 Å². The Morgan fingerprint density at radius 3 is 1.65 bits per heavy atom. The average molecular weight is 1330 g/mol. The smallest absolute Gasteiger partial charge is 0.320 e. The Morgan fingerprint density at radius 2 is 1.05 bits per heavy atom. The third-order valence-corrected chi connectivity index (χ3v) is 19.1. The molecule has 96 heavy (non-hydrogen) atoms. The summed E-state index contributed by atoms with van der Waals surface area (Å²) < 4.78 is 48.0. The van der Waals surface area contributed by atoms with Gasteiger partial charge in [-0.3, -0.25) is 4.98 Å². The molecule has 6 aliphatic heterocycles. The van der Waals surface area contributed by atoms with E-state index >= 15 is 0 Å². The molecule has 10 aromatic rings. The number of hydrogen-bond acceptors (Lipinski definition) is 23. The molecule has 13 heterocycles. The summed E-state index contributed by atoms with van der Waals surface area (Å²) in [6.07, 6.45) is 13.1. The van der Waals surface area contributed by atoms with E-state index in [-0.39, 0.29) is 12.2 Å². The van der Waals surface area contributed by atoms with Crippen LogP contribution in [0.15, 0.2) is 145 Å². The molecule has 24 heteroatoms. The quantitative estimate of drug-likeness (QED) is 0.0735. The number of thiazole rings is 2. The molecule has 3 aromatic carbocycles. The van der Waals surface area contributed by atoms with E-state index in [0.29, 0.717) is 88.7 Å². The minimum absolute atomic E-state index is 0.117. The van der Waals surface area contributed by atoms with Gasteiger partial charge < -0.3 is 52.6 Å². The number of benzene rings is 3. The van der Waals surface area contributed by atoms with E-state index in [9.17, 15) is 0 Å². The zero-order valence-electron chi connectivity index (χ0n) is 54.1. The molecule has 0 aliphatic carbocycles. The maximum atomic E-state index is 6.04. The maximum absolute atomic E-state index is 6.04. The topological polar surface area (TPSA) is 217 Å². The van der Waals surface area contributed by atoms with Gasteiger partial charge in [0.25, 0.3) is 0 Å². The van der Waals surface area contributed by atoms with Crippen LogP contribution in [0.5, 0.6) is 18.0 Å². The molecule has 6 fully saturated rings. The molecule has 0 amide bonds. The van der Waals surface area contributed by atoms with E-state index in [4.69, 9.17) is 57.8 Å². The van der Waals surface area contributed by atoms with Crippen molar-refractivity contribution in [2.45, 2.75) is 83.1 Å². The van der Waals surface area contributed by atoms with Crippen molar-refractivity contribution in [3.05, 3.63) is 161 Å². The van der Waals surface area contributed by atoms with Gasteiger partial charge in [-0.2, -0.15) is 35.0 Å². The molecule has 6 aliphatic rings. The summed E-state index contributed by atoms with van der Waals surface area (Å²) in [5.74, 6) is 3.22. The van der Waals surface area contributed by atoms with E-state index in [1.807, 2.05) is 60.9 Å². The first-order chi connectivity index (χ1) is 47.3. The molecule has 0 radical (unpaired) electrons. The Kier molecular flexibility index (Phi) is 21.0. The van der Waals surface area contributed by atoms with Crippen LogP contribution in [0.3, 0.4) is 0 Å². The SMILES string of the molecule is Cc1cccc(-c2csc(-c3cc(N4CCOCC4)nc(OCC4CCCO4)n3)n2)c1.Cc1cccc(-c2csc(-c3cc(N4CC[C@H]5OCC[C@H]54)nc(OCC4CCCO4)n3)n2)c1.c1ccc(-c2cnn(-c3cc(N4CCOCC4)nc(OCCc4ccccn4)n3)c2)cc1. The fourth-order valence-electron chi connectivity index (χ4n) is 12.4. The largest absolute Gasteiger partial charge is 0.463 e. The number of fused-ring (bicyclic) bond motifs is 1. The van der Waals surface area contributed by atoms with Crippen LogP contribution in [0.2, 0.25) is 0 Å². The van der Waals surface area contributed by atoms with E-state index in [1.165, 1.54) is 11.1 Å². The molecule has 0 spiro atoms. The monoisotopic (exact) mass is 1330 g/mol. The number of rotatable bonds is 19. The van der Waals surface area contributed by atoms with Crippen LogP contribution in [0.1, 0.15) is 55.3 Å². The van der Waals surface area contributed by atoms with Gasteiger partial charge in [-0.1, -0.05) is 83.9 Å². The number of aromatic nitrogens is 11. The Bertz CT molecular complexity index is 4140. The van der Waals surface area contributed by atoms with Gasteiger partial charge in [-0.15, -0.1) is 22.7 Å². The van der Waals surface area contributed by atoms with Gasteiger partial charge in [-0.05, 0) is 82.2 Å². The molecule has 0 bridgehead atoms. The molecule has 16 rings (SSSR count). The average Bonchev–Trinajstić information content (AvgIpc) is 1.62. The van der Waals surface area contributed by atoms with Crippen molar-refractivity contribution in [1.29, 1.82) is 0 Å². The van der Waals surface area contributed by atoms with Gasteiger partial charge in [0, 0.05) is 123 Å². The molecular formula is C72H78N14O8S2. The second kappa shape index (κ2) is 31.3. The highest BCUT2D eigenvalue weighted by atomic mass is 32.1. The number of ether oxygens (including phenoxy) is 8. The molecule has 7 aromatic heterocycles. The van der Waals surface area contributed by atoms with Crippen LogP contribution in [0, 0.1) is 13.8 Å². The van der Waals surface area contributed by atoms with Crippen LogP contribution < -0.4 is 28.9 Å². The van der Waals surface area contributed by atoms with Crippen LogP contribution in [0.4, 0.5) is 17.5 Å². The summed E-state index contributed by atoms with van der Waals surface area (Å²) in [6.45, 7) is 14.8. The van der Waals surface area contributed by atoms with Crippen molar-refractivity contribution in [2.75, 3.05) is 113 Å². The zero-order chi connectivity index (χ0) is 64.8. The maximum Gasteiger partial charge on any atom is 0.320 e. The van der Waals surface area contributed by atoms with Gasteiger partial charge >= 0.3 is 18.0 Å². The standard InChI is InChI=1S/C25H28N4O3S.C24H24N6O2.C23H26N4O3S/c1-16-4-2-5-17(12-16)20-15-33-24(26-20)19-13-23(29-9-7-22-21(29)8-11-31-22)28-25(27-19)32-14-18-6-3-10-30-18;1-2-6-19(7-3-1)20-17-26-30(18-20)23-16-22(29-11-14-31-15-12-29)27-24(28-23)32-13-9-21-8-4-5-10-25-21;1-16-4-2-5-17(12-16)20-15-31-22(24-20)19-13-21(27-7-10-28-11-8-27)26-23(25-19)30-14-18-6-3-9-29-18/h2,4-5,12-13,15,18,21-22H,3,6-11,14H2,1H3;1-8,10,16-18H,9,11-15H2;2,4-5,12-13,15,18H,3,6-11,14H2,1H3/t18?,21-,22-;;/m1../s1. The first-order valence-corrected chi connectivity index (χ1v) is 35.0. The highest BCUT2D eigenvalue weighted by molar-refractivity contribution is 7.13. The van der Waals surface area contributed by atoms with E-state index in [2.05, 4.69) is 136 Å². The highest BCUT2D eigenvalue weighted by Crippen LogP contribution is 2.37. The fraction of sp³-hybridized carbons (Fsp3) is 0.389. The zero-order valence-corrected chi connectivity index (χ0v) is 55.7. The number of nitrogens with zero attached hydrogens (tertiary/aromatic N) is 14. The molecule has 2 unspecified atom stereocenters. The summed E-state index contributed by atoms with van der Waals surface area (Å²) in [5.41, 5.74) is 11.3. The third-order valence-electron chi connectivity index (χ3n) is 17.4. The lowest BCUT2D eigenvalue weighted by molar-refractivity contribution is 0.0645. The minimum atomic E-state index is 0.117. The molecule has 496 valence electrons. The summed E-state index contributed by atoms with van der Waals surface area (Å²) in [6, 6.07) is 40.3. The van der Waals surface area contributed by atoms with Crippen molar-refractivity contribution < 1.29 is 37.9 Å². The molecule has 0 saturated carbocycles. The number of aryl methyl sites for hydroxylation is 2. The Labute approximate surface area is 566 Å². The second-order valence-corrected chi connectivity index (χ2v) is 26.0. The van der Waals surface area contributed by atoms with Crippen molar-refractivity contribution in [3.63, 3.8) is 0 Å². The second-order valence-electron chi connectivity index (χ2n) is 24.3. The lowest BCUT2D eigenvalue weighted by Gasteiger charge is -2.28. The Morgan fingerprint density at radius 1 is 0.479 bits per heavy atom. The Balaban J connectivity index is 0.000000124. The van der Waals surface area contributed by atoms with Crippen molar-refractivity contribution in [1.82, 2.24) is 54.6 Å². The number of morpholine rings is 2. The highest BCUT2D eigenvalue weighted by Gasteiger charge is 2.40. The molecular weight excluding hydrogens is 1250 g/mol. The molecule has 6 saturated heterocycles. The summed E-state index contributed by atoms with van der Waals surface area (Å²) >= 11 is 3.19. The third kappa shape index (κ3) is 16.5. The van der Waals surface area contributed by atoms with Crippen LogP contribution >= 0.6 is 22.7 Å². The fourth-order valence-corrected chi connectivity index (χ4v) is 13.9. The van der Waals surface area contributed by atoms with E-state index in [1.54, 1.807) is 33.6 Å². The summed E-state index contributed by atoms with van der Waals surface area (Å²) in [4.78, 5) is 49.1. The first-order valence-electron chi connectivity index (χ1n) is 33.2. The summed E-state index contributed by atoms with van der Waals surface area (Å²) in [7, 11) is 0. The van der Waals surface area contributed by atoms with Crippen LogP contribution in [-0.4, -0.2) is 178 Å². The minimum Gasteiger partial charge on any atom is -0.463 e. The van der Waals surface area contributed by atoms with Gasteiger partial charge in [0.05, 0.1) is 75.0 Å². The van der Waals surface area contributed by atoms with Crippen molar-refractivity contribution in [2.24, 2.45) is 0 Å². The number of anilines is 3.